The van der Waals surface area contributed by atoms with E-state index in [2.05, 4.69) is 0 Å². The summed E-state index contributed by atoms with van der Waals surface area (Å²) in [5.41, 5.74) is -0.532. The minimum Gasteiger partial charge on any atom is -0.478 e. The fraction of sp³-hybridized carbons (Fsp3) is 0.111. The summed E-state index contributed by atoms with van der Waals surface area (Å²) >= 11 is 0. The molecule has 0 saturated heterocycles. The lowest BCUT2D eigenvalue weighted by Crippen LogP contribution is -2.26. The van der Waals surface area contributed by atoms with Crippen LogP contribution in [-0.4, -0.2) is 33.7 Å². The predicted molar refractivity (Wildman–Crippen MR) is 83.0 cm³/mol. The summed E-state index contributed by atoms with van der Waals surface area (Å²) in [7, 11) is 0. The van der Waals surface area contributed by atoms with Crippen LogP contribution in [0.1, 0.15) is 65.0 Å². The van der Waals surface area contributed by atoms with Crippen LogP contribution in [0, 0.1) is 0 Å². The summed E-state index contributed by atoms with van der Waals surface area (Å²) in [6, 6.07) is 7.22. The molecular formula is C18H12O6. The Morgan fingerprint density at radius 2 is 1.50 bits per heavy atom. The Morgan fingerprint density at radius 1 is 0.917 bits per heavy atom. The standard InChI is InChI=1S/C18H12O6/c1-2-8-13-11(7-12(17(21)22)14(8)18(23)24)15(19)9-5-3-4-6-10(9)16(13)20/h3-7H,2H2,1H3,(H,21,22)(H,23,24). The Hall–Kier alpha value is -3.28. The summed E-state index contributed by atoms with van der Waals surface area (Å²) in [5.74, 6) is -3.83. The molecule has 0 aliphatic heterocycles. The van der Waals surface area contributed by atoms with E-state index in [4.69, 9.17) is 0 Å². The van der Waals surface area contributed by atoms with Gasteiger partial charge < -0.3 is 10.2 Å². The average Bonchev–Trinajstić information content (AvgIpc) is 2.57. The van der Waals surface area contributed by atoms with E-state index in [1.165, 1.54) is 12.1 Å². The third-order valence-corrected chi connectivity index (χ3v) is 4.12. The van der Waals surface area contributed by atoms with Gasteiger partial charge in [-0.1, -0.05) is 31.2 Å². The van der Waals surface area contributed by atoms with E-state index < -0.39 is 34.6 Å². The van der Waals surface area contributed by atoms with Gasteiger partial charge in [0.25, 0.3) is 0 Å². The molecule has 24 heavy (non-hydrogen) atoms. The van der Waals surface area contributed by atoms with Crippen molar-refractivity contribution in [1.29, 1.82) is 0 Å². The van der Waals surface area contributed by atoms with Crippen LogP contribution in [0.15, 0.2) is 30.3 Å². The SMILES string of the molecule is CCc1c(C(=O)O)c(C(=O)O)cc2c1C(=O)c1ccccc1C2=O. The minimum atomic E-state index is -1.45. The van der Waals surface area contributed by atoms with E-state index in [1.807, 2.05) is 0 Å². The summed E-state index contributed by atoms with van der Waals surface area (Å²) in [4.78, 5) is 48.5. The zero-order chi connectivity index (χ0) is 17.6. The highest BCUT2D eigenvalue weighted by Crippen LogP contribution is 2.33. The average molecular weight is 324 g/mol. The molecule has 2 aromatic carbocycles. The van der Waals surface area contributed by atoms with E-state index in [0.717, 1.165) is 6.07 Å². The molecule has 1 aliphatic carbocycles. The topological polar surface area (TPSA) is 109 Å². The van der Waals surface area contributed by atoms with E-state index in [-0.39, 0.29) is 34.2 Å². The first-order valence-electron chi connectivity index (χ1n) is 7.23. The maximum atomic E-state index is 12.8. The van der Waals surface area contributed by atoms with Crippen molar-refractivity contribution in [2.24, 2.45) is 0 Å². The first-order valence-corrected chi connectivity index (χ1v) is 7.23. The first kappa shape index (κ1) is 15.6. The number of carboxylic acid groups (broad SMARTS) is 2. The molecule has 0 heterocycles. The van der Waals surface area contributed by atoms with Crippen LogP contribution in [0.2, 0.25) is 0 Å². The van der Waals surface area contributed by atoms with Crippen LogP contribution in [0.5, 0.6) is 0 Å². The second-order valence-corrected chi connectivity index (χ2v) is 5.37. The highest BCUT2D eigenvalue weighted by molar-refractivity contribution is 6.30. The van der Waals surface area contributed by atoms with Gasteiger partial charge in [-0.15, -0.1) is 0 Å². The van der Waals surface area contributed by atoms with Gasteiger partial charge in [-0.25, -0.2) is 9.59 Å². The molecule has 0 aromatic heterocycles. The van der Waals surface area contributed by atoms with Gasteiger partial charge in [0.1, 0.15) is 0 Å². The maximum absolute atomic E-state index is 12.8. The molecule has 2 aromatic rings. The van der Waals surface area contributed by atoms with Crippen molar-refractivity contribution < 1.29 is 29.4 Å². The molecule has 0 amide bonds. The Kier molecular flexibility index (Phi) is 3.52. The van der Waals surface area contributed by atoms with Crippen molar-refractivity contribution in [3.05, 3.63) is 69.3 Å². The third kappa shape index (κ3) is 2.04. The molecule has 0 unspecified atom stereocenters. The number of hydrogen-bond donors (Lipinski definition) is 2. The molecule has 0 fully saturated rings. The van der Waals surface area contributed by atoms with Crippen molar-refractivity contribution in [3.63, 3.8) is 0 Å². The van der Waals surface area contributed by atoms with Crippen molar-refractivity contribution >= 4 is 23.5 Å². The molecule has 1 aliphatic rings. The molecule has 0 radical (unpaired) electrons. The fourth-order valence-corrected chi connectivity index (χ4v) is 3.10. The van der Waals surface area contributed by atoms with Crippen molar-refractivity contribution in [1.82, 2.24) is 0 Å². The Bertz CT molecular complexity index is 939. The largest absolute Gasteiger partial charge is 0.478 e. The lowest BCUT2D eigenvalue weighted by atomic mass is 9.78. The number of ketones is 2. The maximum Gasteiger partial charge on any atom is 0.336 e. The lowest BCUT2D eigenvalue weighted by molar-refractivity contribution is 0.0650. The van der Waals surface area contributed by atoms with Crippen molar-refractivity contribution in [2.45, 2.75) is 13.3 Å². The third-order valence-electron chi connectivity index (χ3n) is 4.12. The van der Waals surface area contributed by atoms with Crippen LogP contribution < -0.4 is 0 Å². The Balaban J connectivity index is 2.45. The van der Waals surface area contributed by atoms with E-state index in [9.17, 15) is 29.4 Å². The summed E-state index contributed by atoms with van der Waals surface area (Å²) in [5, 5.41) is 18.7. The van der Waals surface area contributed by atoms with Crippen LogP contribution in [-0.2, 0) is 6.42 Å². The van der Waals surface area contributed by atoms with E-state index in [0.29, 0.717) is 0 Å². The number of aromatic carboxylic acids is 2. The van der Waals surface area contributed by atoms with Crippen LogP contribution in [0.25, 0.3) is 0 Å². The van der Waals surface area contributed by atoms with Crippen LogP contribution >= 0.6 is 0 Å². The molecule has 6 nitrogen and oxygen atoms in total. The lowest BCUT2D eigenvalue weighted by Gasteiger charge is -2.22. The number of carbonyl (C=O) groups is 4. The van der Waals surface area contributed by atoms with E-state index in [1.54, 1.807) is 19.1 Å². The summed E-state index contributed by atoms with van der Waals surface area (Å²) < 4.78 is 0. The number of rotatable bonds is 3. The van der Waals surface area contributed by atoms with Gasteiger partial charge >= 0.3 is 11.9 Å². The molecule has 0 atom stereocenters. The Labute approximate surface area is 136 Å². The molecule has 0 saturated carbocycles. The van der Waals surface area contributed by atoms with Gasteiger partial charge in [-0.05, 0) is 18.1 Å². The minimum absolute atomic E-state index is 0.0106. The van der Waals surface area contributed by atoms with Gasteiger partial charge in [-0.3, -0.25) is 9.59 Å². The van der Waals surface area contributed by atoms with Crippen molar-refractivity contribution in [3.8, 4) is 0 Å². The van der Waals surface area contributed by atoms with Gasteiger partial charge in [0.05, 0.1) is 11.1 Å². The quantitative estimate of drug-likeness (QED) is 0.766. The van der Waals surface area contributed by atoms with Crippen LogP contribution in [0.4, 0.5) is 0 Å². The molecule has 0 spiro atoms. The number of hydrogen-bond acceptors (Lipinski definition) is 4. The normalized spacial score (nSPS) is 12.5. The number of carbonyl (C=O) groups excluding carboxylic acids is 2. The first-order chi connectivity index (χ1) is 11.4. The van der Waals surface area contributed by atoms with Gasteiger partial charge in [0.2, 0.25) is 0 Å². The molecule has 2 N–H and O–H groups in total. The van der Waals surface area contributed by atoms with Gasteiger partial charge in [-0.2, -0.15) is 0 Å². The van der Waals surface area contributed by atoms with Gasteiger partial charge in [0.15, 0.2) is 11.6 Å². The Morgan fingerprint density at radius 3 is 2.00 bits per heavy atom. The van der Waals surface area contributed by atoms with Crippen molar-refractivity contribution in [2.75, 3.05) is 0 Å². The molecule has 6 heteroatoms. The van der Waals surface area contributed by atoms with Crippen LogP contribution in [0.3, 0.4) is 0 Å². The molecule has 120 valence electrons. The molecular weight excluding hydrogens is 312 g/mol. The molecule has 0 bridgehead atoms. The zero-order valence-electron chi connectivity index (χ0n) is 12.6. The van der Waals surface area contributed by atoms with E-state index >= 15 is 0 Å². The number of carboxylic acids is 2. The second kappa shape index (κ2) is 5.42. The smallest absolute Gasteiger partial charge is 0.336 e. The summed E-state index contributed by atoms with van der Waals surface area (Å²) in [6.45, 7) is 1.62. The zero-order valence-corrected chi connectivity index (χ0v) is 12.6. The fourth-order valence-electron chi connectivity index (χ4n) is 3.10. The number of fused-ring (bicyclic) bond motifs is 2. The summed E-state index contributed by atoms with van der Waals surface area (Å²) in [6.07, 6.45) is 0.117. The number of benzene rings is 2. The predicted octanol–water partition coefficient (Wildman–Crippen LogP) is 2.42. The van der Waals surface area contributed by atoms with Gasteiger partial charge in [0, 0.05) is 22.3 Å². The molecule has 3 rings (SSSR count). The highest BCUT2D eigenvalue weighted by atomic mass is 16.4. The highest BCUT2D eigenvalue weighted by Gasteiger charge is 2.35. The monoisotopic (exact) mass is 324 g/mol. The second-order valence-electron chi connectivity index (χ2n) is 5.37.